The number of hydrogen-bond donors (Lipinski definition) is 0. The molecule has 4 nitrogen and oxygen atoms in total. The van der Waals surface area contributed by atoms with Crippen molar-refractivity contribution in [2.45, 2.75) is 5.54 Å². The minimum absolute atomic E-state index is 0.711. The van der Waals surface area contributed by atoms with Crippen LogP contribution in [0.1, 0.15) is 16.7 Å². The third kappa shape index (κ3) is 4.27. The lowest BCUT2D eigenvalue weighted by atomic mass is 9.74. The fraction of sp³-hybridized carbons (Fsp3) is 0.0227. The molecule has 1 aromatic heterocycles. The summed E-state index contributed by atoms with van der Waals surface area (Å²) in [5.41, 5.74) is 10.2. The number of rotatable bonds is 6. The molecule has 0 atom stereocenters. The van der Waals surface area contributed by atoms with E-state index in [1.807, 2.05) is 0 Å². The van der Waals surface area contributed by atoms with Gasteiger partial charge in [0, 0.05) is 28.3 Å². The lowest BCUT2D eigenvalue weighted by Gasteiger charge is -2.46. The van der Waals surface area contributed by atoms with E-state index in [2.05, 4.69) is 208 Å². The largest absolute Gasteiger partial charge is 0.310 e. The predicted octanol–water partition coefficient (Wildman–Crippen LogP) is 11.1. The lowest BCUT2D eigenvalue weighted by Crippen LogP contribution is -2.43. The molecule has 0 unspecified atom stereocenters. The maximum Gasteiger partial charge on any atom is 0.217 e. The lowest BCUT2D eigenvalue weighted by molar-refractivity contribution is 0.520. The number of hydrogen-bond acceptors (Lipinski definition) is 3. The minimum atomic E-state index is -0.711. The van der Waals surface area contributed by atoms with Crippen molar-refractivity contribution in [3.05, 3.63) is 211 Å². The van der Waals surface area contributed by atoms with E-state index in [0.29, 0.717) is 0 Å². The second kappa shape index (κ2) is 11.4. The van der Waals surface area contributed by atoms with Crippen LogP contribution in [-0.4, -0.2) is 9.55 Å². The Morgan fingerprint density at radius 3 is 1.54 bits per heavy atom. The predicted molar refractivity (Wildman–Crippen MR) is 197 cm³/mol. The zero-order chi connectivity index (χ0) is 31.9. The van der Waals surface area contributed by atoms with Crippen LogP contribution in [0.4, 0.5) is 34.4 Å². The van der Waals surface area contributed by atoms with Crippen LogP contribution in [0.15, 0.2) is 194 Å². The fourth-order valence-electron chi connectivity index (χ4n) is 7.40. The second-order valence-corrected chi connectivity index (χ2v) is 12.1. The van der Waals surface area contributed by atoms with Crippen LogP contribution in [0.3, 0.4) is 0 Å². The van der Waals surface area contributed by atoms with E-state index in [-0.39, 0.29) is 0 Å². The minimum Gasteiger partial charge on any atom is -0.310 e. The fourth-order valence-corrected chi connectivity index (χ4v) is 7.40. The van der Waals surface area contributed by atoms with E-state index in [9.17, 15) is 0 Å². The van der Waals surface area contributed by atoms with Crippen molar-refractivity contribution >= 4 is 45.4 Å². The summed E-state index contributed by atoms with van der Waals surface area (Å²) in [5, 5.41) is 0. The van der Waals surface area contributed by atoms with Crippen LogP contribution < -0.4 is 9.80 Å². The quantitative estimate of drug-likeness (QED) is 0.186. The first-order valence-electron chi connectivity index (χ1n) is 16.3. The maximum absolute atomic E-state index is 5.42. The topological polar surface area (TPSA) is 24.3 Å². The van der Waals surface area contributed by atoms with Gasteiger partial charge < -0.3 is 4.90 Å². The zero-order valence-corrected chi connectivity index (χ0v) is 26.3. The molecule has 7 aromatic carbocycles. The van der Waals surface area contributed by atoms with Crippen molar-refractivity contribution < 1.29 is 0 Å². The molecule has 0 bridgehead atoms. The van der Waals surface area contributed by atoms with E-state index in [0.717, 1.165) is 45.4 Å². The molecule has 0 fully saturated rings. The Labute approximate surface area is 280 Å². The summed E-state index contributed by atoms with van der Waals surface area (Å²) in [6.07, 6.45) is 0. The Bertz CT molecular complexity index is 2260. The molecule has 0 saturated heterocycles. The summed E-state index contributed by atoms with van der Waals surface area (Å²) < 4.78 is 2.45. The molecule has 8 aromatic rings. The molecule has 9 rings (SSSR count). The third-order valence-corrected chi connectivity index (χ3v) is 9.38. The SMILES string of the molecule is c1ccc(N(c2ccccc2)c2ccc3c(c2)N(c2ccccc2)c2nc4ccccc4n2C3(c2ccccc2)c2ccccc2)cc1. The van der Waals surface area contributed by atoms with Gasteiger partial charge in [0.05, 0.1) is 16.7 Å². The standard InChI is InChI=1S/C44H32N4/c1-6-18-33(19-7-1)44(34-20-8-2-9-21-34)39-31-30-38(46(35-22-10-3-11-23-35)36-24-12-4-13-25-36)32-42(39)47(37-26-14-5-15-27-37)43-45-40-28-16-17-29-41(40)48(43)44/h1-32H. The Morgan fingerprint density at radius 2 is 0.958 bits per heavy atom. The number of anilines is 6. The van der Waals surface area contributed by atoms with Crippen molar-refractivity contribution in [1.82, 2.24) is 9.55 Å². The van der Waals surface area contributed by atoms with Gasteiger partial charge in [-0.15, -0.1) is 0 Å². The number of nitrogens with zero attached hydrogens (tertiary/aromatic N) is 4. The molecule has 4 heteroatoms. The first kappa shape index (κ1) is 27.9. The van der Waals surface area contributed by atoms with E-state index in [1.165, 1.54) is 16.7 Å². The highest BCUT2D eigenvalue weighted by Crippen LogP contribution is 2.56. The molecule has 0 saturated carbocycles. The van der Waals surface area contributed by atoms with Gasteiger partial charge in [-0.2, -0.15) is 0 Å². The van der Waals surface area contributed by atoms with Gasteiger partial charge in [-0.1, -0.05) is 133 Å². The summed E-state index contributed by atoms with van der Waals surface area (Å²) in [4.78, 5) is 10.1. The van der Waals surface area contributed by atoms with E-state index in [4.69, 9.17) is 4.98 Å². The maximum atomic E-state index is 5.42. The first-order chi connectivity index (χ1) is 23.8. The molecule has 1 aliphatic rings. The molecule has 0 N–H and O–H groups in total. The summed E-state index contributed by atoms with van der Waals surface area (Å²) in [5.74, 6) is 0.866. The summed E-state index contributed by atoms with van der Waals surface area (Å²) >= 11 is 0. The first-order valence-corrected chi connectivity index (χ1v) is 16.3. The normalized spacial score (nSPS) is 13.1. The number of imidazole rings is 1. The van der Waals surface area contributed by atoms with E-state index >= 15 is 0 Å². The van der Waals surface area contributed by atoms with Crippen LogP contribution in [-0.2, 0) is 5.54 Å². The Hall–Kier alpha value is -6.39. The molecule has 0 spiro atoms. The molecule has 0 aliphatic carbocycles. The van der Waals surface area contributed by atoms with Gasteiger partial charge in [0.25, 0.3) is 0 Å². The summed E-state index contributed by atoms with van der Waals surface area (Å²) in [6.45, 7) is 0. The summed E-state index contributed by atoms with van der Waals surface area (Å²) in [7, 11) is 0. The van der Waals surface area contributed by atoms with Gasteiger partial charge in [-0.05, 0) is 71.8 Å². The Balaban J connectivity index is 1.43. The highest BCUT2D eigenvalue weighted by Gasteiger charge is 2.48. The van der Waals surface area contributed by atoms with Crippen molar-refractivity contribution in [2.24, 2.45) is 0 Å². The van der Waals surface area contributed by atoms with Crippen molar-refractivity contribution in [2.75, 3.05) is 9.80 Å². The zero-order valence-electron chi connectivity index (χ0n) is 26.3. The Kier molecular flexibility index (Phi) is 6.65. The highest BCUT2D eigenvalue weighted by molar-refractivity contribution is 5.91. The van der Waals surface area contributed by atoms with Gasteiger partial charge in [0.15, 0.2) is 0 Å². The molecule has 228 valence electrons. The van der Waals surface area contributed by atoms with Gasteiger partial charge in [0.1, 0.15) is 5.54 Å². The van der Waals surface area contributed by atoms with Crippen molar-refractivity contribution in [3.8, 4) is 0 Å². The highest BCUT2D eigenvalue weighted by atomic mass is 15.4. The molecular weight excluding hydrogens is 585 g/mol. The monoisotopic (exact) mass is 616 g/mol. The van der Waals surface area contributed by atoms with Crippen molar-refractivity contribution in [1.29, 1.82) is 0 Å². The van der Waals surface area contributed by atoms with Gasteiger partial charge in [-0.25, -0.2) is 4.98 Å². The van der Waals surface area contributed by atoms with Crippen molar-refractivity contribution in [3.63, 3.8) is 0 Å². The second-order valence-electron chi connectivity index (χ2n) is 12.1. The van der Waals surface area contributed by atoms with Crippen LogP contribution in [0.25, 0.3) is 11.0 Å². The van der Waals surface area contributed by atoms with Crippen LogP contribution in [0.2, 0.25) is 0 Å². The average molecular weight is 617 g/mol. The molecule has 0 radical (unpaired) electrons. The van der Waals surface area contributed by atoms with Crippen LogP contribution in [0.5, 0.6) is 0 Å². The summed E-state index contributed by atoms with van der Waals surface area (Å²) in [6, 6.07) is 69.0. The molecule has 48 heavy (non-hydrogen) atoms. The molecule has 1 aliphatic heterocycles. The number of benzene rings is 7. The molecule has 0 amide bonds. The number of aromatic nitrogens is 2. The third-order valence-electron chi connectivity index (χ3n) is 9.38. The average Bonchev–Trinajstić information content (AvgIpc) is 3.55. The van der Waals surface area contributed by atoms with Crippen LogP contribution in [0, 0.1) is 0 Å². The molecule has 2 heterocycles. The van der Waals surface area contributed by atoms with Gasteiger partial charge >= 0.3 is 0 Å². The smallest absolute Gasteiger partial charge is 0.217 e. The van der Waals surface area contributed by atoms with E-state index < -0.39 is 5.54 Å². The Morgan fingerprint density at radius 1 is 0.458 bits per heavy atom. The number of para-hydroxylation sites is 5. The van der Waals surface area contributed by atoms with Gasteiger partial charge in [0.2, 0.25) is 5.95 Å². The molecular formula is C44H32N4. The number of fused-ring (bicyclic) bond motifs is 4. The van der Waals surface area contributed by atoms with Crippen LogP contribution >= 0.6 is 0 Å². The van der Waals surface area contributed by atoms with Gasteiger partial charge in [-0.3, -0.25) is 9.47 Å². The van der Waals surface area contributed by atoms with E-state index in [1.54, 1.807) is 0 Å².